The first-order valence-electron chi connectivity index (χ1n) is 8.65. The Bertz CT molecular complexity index is 1140. The molecule has 0 aliphatic rings. The Balaban J connectivity index is 1.79. The molecular weight excluding hydrogens is 415 g/mol. The van der Waals surface area contributed by atoms with E-state index in [9.17, 15) is 17.6 Å². The van der Waals surface area contributed by atoms with Gasteiger partial charge < -0.3 is 5.32 Å². The quantitative estimate of drug-likeness (QED) is 0.621. The lowest BCUT2D eigenvalue weighted by atomic mass is 10.2. The summed E-state index contributed by atoms with van der Waals surface area (Å²) in [4.78, 5) is 12.1. The topological polar surface area (TPSA) is 66.5 Å². The number of nitrogens with zero attached hydrogens (tertiary/aromatic N) is 1. The molecule has 1 amide bonds. The highest BCUT2D eigenvalue weighted by atomic mass is 35.5. The third-order valence-corrected chi connectivity index (χ3v) is 6.39. The van der Waals surface area contributed by atoms with E-state index in [2.05, 4.69) is 5.32 Å². The van der Waals surface area contributed by atoms with Gasteiger partial charge in [-0.3, -0.25) is 4.79 Å². The molecule has 3 aromatic carbocycles. The molecule has 0 aromatic heterocycles. The van der Waals surface area contributed by atoms with Gasteiger partial charge >= 0.3 is 0 Å². The second kappa shape index (κ2) is 8.73. The average molecular weight is 433 g/mol. The molecule has 0 aliphatic carbocycles. The molecule has 8 heteroatoms. The summed E-state index contributed by atoms with van der Waals surface area (Å²) < 4.78 is 41.1. The highest BCUT2D eigenvalue weighted by molar-refractivity contribution is 7.89. The van der Waals surface area contributed by atoms with Crippen molar-refractivity contribution in [3.63, 3.8) is 0 Å². The lowest BCUT2D eigenvalue weighted by molar-refractivity contribution is 0.102. The van der Waals surface area contributed by atoms with E-state index in [4.69, 9.17) is 11.6 Å². The summed E-state index contributed by atoms with van der Waals surface area (Å²) in [6.45, 7) is 0.149. The average Bonchev–Trinajstić information content (AvgIpc) is 2.70. The van der Waals surface area contributed by atoms with Gasteiger partial charge in [0.2, 0.25) is 10.0 Å². The van der Waals surface area contributed by atoms with Gasteiger partial charge in [0.15, 0.2) is 0 Å². The van der Waals surface area contributed by atoms with Gasteiger partial charge in [0.05, 0.1) is 21.2 Å². The Morgan fingerprint density at radius 1 is 1.03 bits per heavy atom. The molecule has 150 valence electrons. The smallest absolute Gasteiger partial charge is 0.257 e. The highest BCUT2D eigenvalue weighted by Gasteiger charge is 2.23. The number of anilines is 1. The fraction of sp³-hybridized carbons (Fsp3) is 0.0952. The van der Waals surface area contributed by atoms with Crippen molar-refractivity contribution in [2.75, 3.05) is 12.4 Å². The lowest BCUT2D eigenvalue weighted by Gasteiger charge is -2.18. The van der Waals surface area contributed by atoms with E-state index in [0.717, 1.165) is 15.9 Å². The van der Waals surface area contributed by atoms with Crippen LogP contribution in [0.15, 0.2) is 77.7 Å². The van der Waals surface area contributed by atoms with Gasteiger partial charge in [0.25, 0.3) is 5.91 Å². The van der Waals surface area contributed by atoms with E-state index in [1.54, 1.807) is 30.3 Å². The largest absolute Gasteiger partial charge is 0.319 e. The molecular formula is C21H18ClFN2O3S. The molecule has 0 spiro atoms. The standard InChI is InChI=1S/C21H18ClFN2O3S/c1-25(14-15-7-3-2-4-8-15)29(27,28)16-11-12-20(19(23)13-16)24-21(26)17-9-5-6-10-18(17)22/h2-13H,14H2,1H3,(H,24,26). The zero-order chi connectivity index (χ0) is 21.0. The molecule has 0 aliphatic heterocycles. The number of carbonyl (C=O) groups is 1. The number of hydrogen-bond donors (Lipinski definition) is 1. The second-order valence-electron chi connectivity index (χ2n) is 6.32. The molecule has 0 bridgehead atoms. The molecule has 0 saturated heterocycles. The minimum Gasteiger partial charge on any atom is -0.319 e. The van der Waals surface area contributed by atoms with E-state index >= 15 is 0 Å². The van der Waals surface area contributed by atoms with Crippen molar-refractivity contribution >= 4 is 33.2 Å². The number of amides is 1. The maximum Gasteiger partial charge on any atom is 0.257 e. The van der Waals surface area contributed by atoms with Crippen LogP contribution >= 0.6 is 11.6 Å². The number of benzene rings is 3. The van der Waals surface area contributed by atoms with Crippen molar-refractivity contribution in [1.29, 1.82) is 0 Å². The Kier molecular flexibility index (Phi) is 6.32. The van der Waals surface area contributed by atoms with Gasteiger partial charge in [-0.25, -0.2) is 12.8 Å². The summed E-state index contributed by atoms with van der Waals surface area (Å²) in [5.74, 6) is -1.45. The van der Waals surface area contributed by atoms with Crippen LogP contribution in [0.4, 0.5) is 10.1 Å². The number of carbonyl (C=O) groups excluding carboxylic acids is 1. The minimum atomic E-state index is -3.90. The summed E-state index contributed by atoms with van der Waals surface area (Å²) in [6, 6.07) is 18.8. The zero-order valence-corrected chi connectivity index (χ0v) is 17.0. The minimum absolute atomic E-state index is 0.139. The Labute approximate surface area is 173 Å². The molecule has 29 heavy (non-hydrogen) atoms. The van der Waals surface area contributed by atoms with E-state index in [0.29, 0.717) is 0 Å². The number of nitrogens with one attached hydrogen (secondary N) is 1. The summed E-state index contributed by atoms with van der Waals surface area (Å²) in [6.07, 6.45) is 0. The van der Waals surface area contributed by atoms with Crippen LogP contribution in [0, 0.1) is 5.82 Å². The predicted octanol–water partition coefficient (Wildman–Crippen LogP) is 4.55. The molecule has 3 rings (SSSR count). The molecule has 0 heterocycles. The normalized spacial score (nSPS) is 11.4. The Morgan fingerprint density at radius 3 is 2.34 bits per heavy atom. The fourth-order valence-electron chi connectivity index (χ4n) is 2.70. The van der Waals surface area contributed by atoms with Crippen molar-refractivity contribution in [3.8, 4) is 0 Å². The van der Waals surface area contributed by atoms with Crippen molar-refractivity contribution in [3.05, 3.63) is 94.8 Å². The molecule has 0 atom stereocenters. The van der Waals surface area contributed by atoms with Gasteiger partial charge in [0, 0.05) is 13.6 Å². The van der Waals surface area contributed by atoms with Gasteiger partial charge in [-0.2, -0.15) is 4.31 Å². The monoisotopic (exact) mass is 432 g/mol. The Morgan fingerprint density at radius 2 is 1.69 bits per heavy atom. The van der Waals surface area contributed by atoms with Gasteiger partial charge in [-0.1, -0.05) is 54.1 Å². The van der Waals surface area contributed by atoms with Gasteiger partial charge in [-0.05, 0) is 35.9 Å². The number of hydrogen-bond acceptors (Lipinski definition) is 3. The van der Waals surface area contributed by atoms with Crippen LogP contribution in [0.3, 0.4) is 0 Å². The Hall–Kier alpha value is -2.74. The predicted molar refractivity (Wildman–Crippen MR) is 111 cm³/mol. The fourth-order valence-corrected chi connectivity index (χ4v) is 4.09. The summed E-state index contributed by atoms with van der Waals surface area (Å²) in [5.41, 5.74) is 0.857. The van der Waals surface area contributed by atoms with Crippen LogP contribution in [0.25, 0.3) is 0 Å². The van der Waals surface area contributed by atoms with Crippen LogP contribution in [0.1, 0.15) is 15.9 Å². The van der Waals surface area contributed by atoms with Crippen molar-refractivity contribution in [2.24, 2.45) is 0 Å². The molecule has 0 fully saturated rings. The first-order chi connectivity index (χ1) is 13.8. The molecule has 5 nitrogen and oxygen atoms in total. The van der Waals surface area contributed by atoms with Crippen LogP contribution < -0.4 is 5.32 Å². The summed E-state index contributed by atoms with van der Waals surface area (Å²) in [5, 5.41) is 2.64. The van der Waals surface area contributed by atoms with Crippen LogP contribution in [0.2, 0.25) is 5.02 Å². The number of rotatable bonds is 6. The van der Waals surface area contributed by atoms with Crippen LogP contribution in [-0.4, -0.2) is 25.7 Å². The van der Waals surface area contributed by atoms with Crippen LogP contribution in [-0.2, 0) is 16.6 Å². The molecule has 0 unspecified atom stereocenters. The number of sulfonamides is 1. The third-order valence-electron chi connectivity index (χ3n) is 4.26. The third kappa shape index (κ3) is 4.82. The van der Waals surface area contributed by atoms with E-state index < -0.39 is 21.7 Å². The highest BCUT2D eigenvalue weighted by Crippen LogP contribution is 2.24. The first-order valence-corrected chi connectivity index (χ1v) is 10.5. The lowest BCUT2D eigenvalue weighted by Crippen LogP contribution is -2.26. The van der Waals surface area contributed by atoms with E-state index in [1.165, 1.54) is 25.2 Å². The first kappa shape index (κ1) is 21.0. The molecule has 0 radical (unpaired) electrons. The number of halogens is 2. The molecule has 3 aromatic rings. The second-order valence-corrected chi connectivity index (χ2v) is 8.77. The van der Waals surface area contributed by atoms with Crippen molar-refractivity contribution < 1.29 is 17.6 Å². The molecule has 1 N–H and O–H groups in total. The zero-order valence-electron chi connectivity index (χ0n) is 15.5. The van der Waals surface area contributed by atoms with Crippen LogP contribution in [0.5, 0.6) is 0 Å². The van der Waals surface area contributed by atoms with Crippen molar-refractivity contribution in [2.45, 2.75) is 11.4 Å². The van der Waals surface area contributed by atoms with Gasteiger partial charge in [-0.15, -0.1) is 0 Å². The maximum absolute atomic E-state index is 14.5. The summed E-state index contributed by atoms with van der Waals surface area (Å²) in [7, 11) is -2.48. The van der Waals surface area contributed by atoms with Gasteiger partial charge in [0.1, 0.15) is 5.82 Å². The van der Waals surface area contributed by atoms with E-state index in [-0.39, 0.29) is 27.7 Å². The van der Waals surface area contributed by atoms with E-state index in [1.807, 2.05) is 18.2 Å². The van der Waals surface area contributed by atoms with Crippen molar-refractivity contribution in [1.82, 2.24) is 4.31 Å². The summed E-state index contributed by atoms with van der Waals surface area (Å²) >= 11 is 5.97. The maximum atomic E-state index is 14.5. The molecule has 0 saturated carbocycles. The SMILES string of the molecule is CN(Cc1ccccc1)S(=O)(=O)c1ccc(NC(=O)c2ccccc2Cl)c(F)c1.